The number of aliphatic hydroxyl groups excluding tert-OH is 1. The summed E-state index contributed by atoms with van der Waals surface area (Å²) >= 11 is 0. The van der Waals surface area contributed by atoms with E-state index < -0.39 is 30.6 Å². The lowest BCUT2D eigenvalue weighted by Gasteiger charge is -2.34. The van der Waals surface area contributed by atoms with Crippen molar-refractivity contribution in [2.24, 2.45) is 0 Å². The van der Waals surface area contributed by atoms with Crippen LogP contribution in [0.3, 0.4) is 0 Å². The lowest BCUT2D eigenvalue weighted by molar-refractivity contribution is -0.274. The van der Waals surface area contributed by atoms with Gasteiger partial charge in [-0.05, 0) is 37.7 Å². The molecule has 2 atom stereocenters. The first-order chi connectivity index (χ1) is 15.6. The van der Waals surface area contributed by atoms with Crippen molar-refractivity contribution in [1.29, 1.82) is 0 Å². The summed E-state index contributed by atoms with van der Waals surface area (Å²) in [6, 6.07) is 5.88. The fourth-order valence-corrected chi connectivity index (χ4v) is 3.74. The molecule has 4 rings (SSSR count). The van der Waals surface area contributed by atoms with Crippen LogP contribution in [-0.2, 0) is 0 Å². The van der Waals surface area contributed by atoms with Crippen LogP contribution in [-0.4, -0.2) is 69.9 Å². The number of alkyl halides is 5. The van der Waals surface area contributed by atoms with Crippen molar-refractivity contribution >= 4 is 11.5 Å². The molecule has 1 fully saturated rings. The minimum Gasteiger partial charge on any atom is -0.435 e. The Kier molecular flexibility index (Phi) is 6.26. The highest BCUT2D eigenvalue weighted by atomic mass is 19.4. The molecule has 1 aliphatic rings. The largest absolute Gasteiger partial charge is 0.573 e. The van der Waals surface area contributed by atoms with Gasteiger partial charge in [0.25, 0.3) is 0 Å². The Hall–Kier alpha value is -3.19. The molecular formula is C20H20F5N5O3. The van der Waals surface area contributed by atoms with Gasteiger partial charge in [0.1, 0.15) is 17.2 Å². The summed E-state index contributed by atoms with van der Waals surface area (Å²) in [6.45, 7) is -1.91. The number of likely N-dealkylation sites (tertiary alicyclic amines) is 1. The number of rotatable bonds is 6. The van der Waals surface area contributed by atoms with Crippen LogP contribution in [0.15, 0.2) is 36.5 Å². The van der Waals surface area contributed by atoms with Gasteiger partial charge in [-0.3, -0.25) is 4.40 Å². The van der Waals surface area contributed by atoms with E-state index in [0.29, 0.717) is 18.5 Å². The number of ether oxygens (including phenoxy) is 2. The third kappa shape index (κ3) is 5.25. The highest BCUT2D eigenvalue weighted by Crippen LogP contribution is 2.38. The predicted octanol–water partition coefficient (Wildman–Crippen LogP) is 3.37. The van der Waals surface area contributed by atoms with Crippen LogP contribution in [0.25, 0.3) is 16.8 Å². The van der Waals surface area contributed by atoms with E-state index in [2.05, 4.69) is 25.0 Å². The summed E-state index contributed by atoms with van der Waals surface area (Å²) in [5, 5.41) is 21.6. The predicted molar refractivity (Wildman–Crippen MR) is 107 cm³/mol. The minimum absolute atomic E-state index is 0.0368. The molecular weight excluding hydrogens is 453 g/mol. The Bertz CT molecular complexity index is 1120. The van der Waals surface area contributed by atoms with Crippen LogP contribution in [0.1, 0.15) is 6.42 Å². The van der Waals surface area contributed by atoms with E-state index in [4.69, 9.17) is 0 Å². The molecule has 33 heavy (non-hydrogen) atoms. The van der Waals surface area contributed by atoms with Gasteiger partial charge in [0.2, 0.25) is 5.95 Å². The summed E-state index contributed by atoms with van der Waals surface area (Å²) in [5.41, 5.74) is 0.310. The first-order valence-corrected chi connectivity index (χ1v) is 9.92. The second-order valence-corrected chi connectivity index (χ2v) is 7.59. The molecule has 8 nitrogen and oxygen atoms in total. The lowest BCUT2D eigenvalue weighted by Crippen LogP contribution is -2.49. The maximum atomic E-state index is 13.0. The van der Waals surface area contributed by atoms with E-state index in [-0.39, 0.29) is 23.2 Å². The molecule has 3 aromatic rings. The summed E-state index contributed by atoms with van der Waals surface area (Å²) in [5.74, 6) is -0.974. The highest BCUT2D eigenvalue weighted by Gasteiger charge is 2.33. The number of benzene rings is 1. The van der Waals surface area contributed by atoms with Crippen LogP contribution in [0.2, 0.25) is 0 Å². The standard InChI is InChI=1S/C20H20F5N5O3/c1-29-8-6-15(31)13(10-29)26-19-28-27-17(14-3-2-7-30(14)19)12-5-4-11(32-18(21)22)9-16(12)33-20(23,24)25/h2-5,7,9,13,15,18,31H,6,8,10H2,1H3,(H,26,28)/t13-,15+/m0/s1. The number of anilines is 1. The van der Waals surface area contributed by atoms with Crippen LogP contribution in [0.4, 0.5) is 27.9 Å². The van der Waals surface area contributed by atoms with Gasteiger partial charge in [-0.15, -0.1) is 23.4 Å². The number of hydrogen-bond acceptors (Lipinski definition) is 7. The fourth-order valence-electron chi connectivity index (χ4n) is 3.74. The molecule has 0 saturated carbocycles. The van der Waals surface area contributed by atoms with Crippen molar-refractivity contribution in [3.8, 4) is 22.8 Å². The van der Waals surface area contributed by atoms with Gasteiger partial charge >= 0.3 is 13.0 Å². The van der Waals surface area contributed by atoms with Gasteiger partial charge in [-0.1, -0.05) is 0 Å². The zero-order chi connectivity index (χ0) is 23.8. The molecule has 0 bridgehead atoms. The average Bonchev–Trinajstić information content (AvgIpc) is 3.20. The molecule has 2 aromatic heterocycles. The monoisotopic (exact) mass is 473 g/mol. The second-order valence-electron chi connectivity index (χ2n) is 7.59. The number of nitrogens with zero attached hydrogens (tertiary/aromatic N) is 4. The molecule has 0 unspecified atom stereocenters. The molecule has 0 amide bonds. The van der Waals surface area contributed by atoms with Gasteiger partial charge in [0.15, 0.2) is 0 Å². The van der Waals surface area contributed by atoms with Crippen LogP contribution in [0.5, 0.6) is 11.5 Å². The zero-order valence-electron chi connectivity index (χ0n) is 17.3. The van der Waals surface area contributed by atoms with Crippen LogP contribution in [0, 0.1) is 0 Å². The van der Waals surface area contributed by atoms with Crippen molar-refractivity contribution in [3.63, 3.8) is 0 Å². The molecule has 0 aliphatic carbocycles. The minimum atomic E-state index is -5.07. The molecule has 0 radical (unpaired) electrons. The van der Waals surface area contributed by atoms with Crippen molar-refractivity contribution in [3.05, 3.63) is 36.5 Å². The summed E-state index contributed by atoms with van der Waals surface area (Å²) < 4.78 is 73.9. The Labute approximate surface area is 184 Å². The summed E-state index contributed by atoms with van der Waals surface area (Å²) in [7, 11) is 1.92. The number of aliphatic hydroxyl groups is 1. The van der Waals surface area contributed by atoms with Gasteiger partial charge in [-0.2, -0.15) is 8.78 Å². The van der Waals surface area contributed by atoms with Crippen molar-refractivity contribution < 1.29 is 36.5 Å². The van der Waals surface area contributed by atoms with E-state index in [1.54, 1.807) is 22.7 Å². The van der Waals surface area contributed by atoms with Crippen molar-refractivity contribution in [1.82, 2.24) is 19.5 Å². The molecule has 1 aromatic carbocycles. The number of likely N-dealkylation sites (N-methyl/N-ethyl adjacent to an activating group) is 1. The number of fused-ring (bicyclic) bond motifs is 1. The van der Waals surface area contributed by atoms with Crippen LogP contribution < -0.4 is 14.8 Å². The molecule has 1 aliphatic heterocycles. The number of halogens is 5. The molecule has 178 valence electrons. The maximum absolute atomic E-state index is 13.0. The summed E-state index contributed by atoms with van der Waals surface area (Å²) in [4.78, 5) is 2.04. The van der Waals surface area contributed by atoms with Gasteiger partial charge < -0.3 is 24.8 Å². The lowest BCUT2D eigenvalue weighted by atomic mass is 10.0. The smallest absolute Gasteiger partial charge is 0.435 e. The molecule has 3 heterocycles. The Morgan fingerprint density at radius 3 is 2.73 bits per heavy atom. The van der Waals surface area contributed by atoms with Crippen LogP contribution >= 0.6 is 0 Å². The molecule has 13 heteroatoms. The topological polar surface area (TPSA) is 84.2 Å². The van der Waals surface area contributed by atoms with Crippen molar-refractivity contribution in [2.45, 2.75) is 31.5 Å². The molecule has 0 spiro atoms. The third-order valence-corrected chi connectivity index (χ3v) is 5.22. The highest BCUT2D eigenvalue weighted by molar-refractivity contribution is 5.82. The Balaban J connectivity index is 1.73. The second kappa shape index (κ2) is 8.98. The first kappa shape index (κ1) is 23.0. The van der Waals surface area contributed by atoms with E-state index in [9.17, 15) is 27.1 Å². The fraction of sp³-hybridized carbons (Fsp3) is 0.400. The average molecular weight is 473 g/mol. The van der Waals surface area contributed by atoms with Gasteiger partial charge in [-0.25, -0.2) is 0 Å². The van der Waals surface area contributed by atoms with Gasteiger partial charge in [0.05, 0.1) is 17.7 Å². The number of aromatic nitrogens is 3. The third-order valence-electron chi connectivity index (χ3n) is 5.22. The first-order valence-electron chi connectivity index (χ1n) is 9.92. The van der Waals surface area contributed by atoms with Crippen molar-refractivity contribution in [2.75, 3.05) is 25.5 Å². The number of nitrogens with one attached hydrogen (secondary N) is 1. The van der Waals surface area contributed by atoms with E-state index in [0.717, 1.165) is 24.7 Å². The Morgan fingerprint density at radius 1 is 1.21 bits per heavy atom. The Morgan fingerprint density at radius 2 is 2.00 bits per heavy atom. The quantitative estimate of drug-likeness (QED) is 0.531. The number of hydrogen-bond donors (Lipinski definition) is 2. The normalized spacial score (nSPS) is 19.8. The van der Waals surface area contributed by atoms with E-state index in [1.165, 1.54) is 0 Å². The molecule has 1 saturated heterocycles. The zero-order valence-corrected chi connectivity index (χ0v) is 17.3. The molecule has 2 N–H and O–H groups in total. The van der Waals surface area contributed by atoms with E-state index in [1.807, 2.05) is 11.9 Å². The van der Waals surface area contributed by atoms with Gasteiger partial charge in [0, 0.05) is 30.9 Å². The van der Waals surface area contributed by atoms with E-state index >= 15 is 0 Å². The SMILES string of the molecule is CN1CC[C@@H](O)[C@@H](Nc2nnc(-c3ccc(OC(F)F)cc3OC(F)(F)F)c3cccn23)C1. The number of piperidine rings is 1. The summed E-state index contributed by atoms with van der Waals surface area (Å²) in [6.07, 6.45) is -3.48. The maximum Gasteiger partial charge on any atom is 0.573 e.